The Morgan fingerprint density at radius 3 is 2.75 bits per heavy atom. The number of nitrogens with one attached hydrogen (secondary N) is 1. The summed E-state index contributed by atoms with van der Waals surface area (Å²) < 4.78 is 5.92. The Bertz CT molecular complexity index is 811. The summed E-state index contributed by atoms with van der Waals surface area (Å²) in [6.07, 6.45) is 2.06. The molecule has 150 valence electrons. The van der Waals surface area contributed by atoms with Crippen LogP contribution in [0.25, 0.3) is 11.1 Å². The molecule has 3 atom stereocenters. The third kappa shape index (κ3) is 3.37. The number of para-hydroxylation sites is 2. The van der Waals surface area contributed by atoms with E-state index in [0.29, 0.717) is 17.9 Å². The quantitative estimate of drug-likeness (QED) is 0.868. The van der Waals surface area contributed by atoms with Crippen molar-refractivity contribution in [2.24, 2.45) is 5.92 Å². The number of aromatic nitrogens is 1. The molecule has 3 saturated heterocycles. The molecule has 3 aliphatic heterocycles. The number of hydrogen-bond acceptors (Lipinski definition) is 6. The van der Waals surface area contributed by atoms with Gasteiger partial charge in [0.2, 0.25) is 5.91 Å². The molecule has 0 aliphatic carbocycles. The van der Waals surface area contributed by atoms with E-state index in [-0.39, 0.29) is 6.04 Å². The van der Waals surface area contributed by atoms with Crippen LogP contribution in [-0.4, -0.2) is 78.6 Å². The van der Waals surface area contributed by atoms with Gasteiger partial charge in [-0.25, -0.2) is 0 Å². The fourth-order valence-electron chi connectivity index (χ4n) is 4.81. The van der Waals surface area contributed by atoms with Gasteiger partial charge in [0.05, 0.1) is 6.04 Å². The van der Waals surface area contributed by atoms with E-state index >= 15 is 0 Å². The lowest BCUT2D eigenvalue weighted by atomic mass is 10.1. The molecule has 28 heavy (non-hydrogen) atoms. The van der Waals surface area contributed by atoms with E-state index in [1.807, 2.05) is 24.3 Å². The molecule has 0 spiro atoms. The zero-order valence-corrected chi connectivity index (χ0v) is 16.5. The third-order valence-corrected chi connectivity index (χ3v) is 6.53. The number of carbonyl (C=O) groups is 1. The number of rotatable bonds is 3. The fourth-order valence-corrected chi connectivity index (χ4v) is 4.81. The number of likely N-dealkylation sites (tertiary alicyclic amines) is 1. The monoisotopic (exact) mass is 383 g/mol. The topological polar surface area (TPSA) is 64.9 Å². The maximum absolute atomic E-state index is 12.8. The van der Waals surface area contributed by atoms with Crippen LogP contribution in [-0.2, 0) is 4.79 Å². The number of hydrogen-bond donors (Lipinski definition) is 1. The van der Waals surface area contributed by atoms with Crippen LogP contribution in [0.3, 0.4) is 0 Å². The van der Waals surface area contributed by atoms with Gasteiger partial charge in [0.1, 0.15) is 5.52 Å². The minimum Gasteiger partial charge on any atom is -0.423 e. The van der Waals surface area contributed by atoms with Crippen molar-refractivity contribution in [1.82, 2.24) is 20.1 Å². The Morgan fingerprint density at radius 2 is 2.00 bits per heavy atom. The van der Waals surface area contributed by atoms with Gasteiger partial charge in [-0.1, -0.05) is 19.1 Å². The van der Waals surface area contributed by atoms with E-state index in [1.165, 1.54) is 0 Å². The number of piperazine rings is 1. The van der Waals surface area contributed by atoms with Crippen molar-refractivity contribution in [3.8, 4) is 0 Å². The largest absolute Gasteiger partial charge is 0.423 e. The lowest BCUT2D eigenvalue weighted by molar-refractivity contribution is -0.132. The minimum atomic E-state index is -0.00892. The molecular formula is C21H29N5O2. The summed E-state index contributed by atoms with van der Waals surface area (Å²) in [6, 6.07) is 9.07. The molecule has 5 rings (SSSR count). The summed E-state index contributed by atoms with van der Waals surface area (Å²) in [7, 11) is 0. The number of amides is 1. The average Bonchev–Trinajstić information content (AvgIpc) is 3.46. The number of oxazole rings is 1. The van der Waals surface area contributed by atoms with Crippen LogP contribution in [0.5, 0.6) is 0 Å². The van der Waals surface area contributed by atoms with Gasteiger partial charge >= 0.3 is 0 Å². The second-order valence-corrected chi connectivity index (χ2v) is 8.52. The molecule has 0 saturated carbocycles. The van der Waals surface area contributed by atoms with Gasteiger partial charge < -0.3 is 19.5 Å². The Kier molecular flexibility index (Phi) is 4.72. The van der Waals surface area contributed by atoms with Gasteiger partial charge in [-0.05, 0) is 30.9 Å². The maximum Gasteiger partial charge on any atom is 0.298 e. The van der Waals surface area contributed by atoms with Crippen LogP contribution in [0.2, 0.25) is 0 Å². The van der Waals surface area contributed by atoms with Crippen molar-refractivity contribution in [2.75, 3.05) is 50.7 Å². The van der Waals surface area contributed by atoms with Crippen LogP contribution < -0.4 is 10.2 Å². The molecule has 2 aromatic rings. The van der Waals surface area contributed by atoms with Crippen LogP contribution in [0.15, 0.2) is 28.7 Å². The summed E-state index contributed by atoms with van der Waals surface area (Å²) in [5.41, 5.74) is 1.76. The van der Waals surface area contributed by atoms with Crippen LogP contribution in [0.1, 0.15) is 19.8 Å². The molecule has 1 N–H and O–H groups in total. The van der Waals surface area contributed by atoms with Crippen molar-refractivity contribution in [2.45, 2.75) is 31.8 Å². The highest BCUT2D eigenvalue weighted by Gasteiger charge is 2.37. The fraction of sp³-hybridized carbons (Fsp3) is 0.619. The standard InChI is InChI=1S/C21H29N5O2/c1-15-6-7-26(14-15)20(27)18-12-16(13-22-18)24-8-10-25(11-9-24)21-23-17-4-2-3-5-19(17)28-21/h2-5,15-16,18,22H,6-14H2,1H3/t15?,16-,18-/m0/s1. The van der Waals surface area contributed by atoms with E-state index < -0.39 is 0 Å². The van der Waals surface area contributed by atoms with E-state index in [2.05, 4.69) is 31.9 Å². The normalized spacial score (nSPS) is 29.1. The Labute approximate surface area is 165 Å². The molecule has 0 radical (unpaired) electrons. The lowest BCUT2D eigenvalue weighted by Gasteiger charge is -2.37. The van der Waals surface area contributed by atoms with E-state index in [4.69, 9.17) is 4.42 Å². The SMILES string of the molecule is CC1CCN(C(=O)[C@@H]2C[C@H](N3CCN(c4nc5ccccc5o4)CC3)CN2)C1. The molecule has 1 aromatic heterocycles. The molecule has 7 nitrogen and oxygen atoms in total. The number of fused-ring (bicyclic) bond motifs is 1. The second kappa shape index (κ2) is 7.37. The number of nitrogens with zero attached hydrogens (tertiary/aromatic N) is 4. The van der Waals surface area contributed by atoms with Gasteiger partial charge in [-0.2, -0.15) is 4.98 Å². The van der Waals surface area contributed by atoms with Gasteiger partial charge in [0.15, 0.2) is 5.58 Å². The Morgan fingerprint density at radius 1 is 1.18 bits per heavy atom. The van der Waals surface area contributed by atoms with Crippen LogP contribution in [0, 0.1) is 5.92 Å². The molecule has 7 heteroatoms. The molecule has 4 heterocycles. The Balaban J connectivity index is 1.15. The number of carbonyl (C=O) groups excluding carboxylic acids is 1. The first kappa shape index (κ1) is 17.9. The maximum atomic E-state index is 12.8. The highest BCUT2D eigenvalue weighted by Crippen LogP contribution is 2.25. The zero-order valence-electron chi connectivity index (χ0n) is 16.5. The third-order valence-electron chi connectivity index (χ3n) is 6.53. The highest BCUT2D eigenvalue weighted by molar-refractivity contribution is 5.82. The highest BCUT2D eigenvalue weighted by atomic mass is 16.4. The summed E-state index contributed by atoms with van der Waals surface area (Å²) in [5.74, 6) is 0.943. The Hall–Kier alpha value is -2.12. The first-order valence-corrected chi connectivity index (χ1v) is 10.5. The number of benzene rings is 1. The zero-order chi connectivity index (χ0) is 19.1. The summed E-state index contributed by atoms with van der Waals surface area (Å²) in [4.78, 5) is 24.2. The smallest absolute Gasteiger partial charge is 0.298 e. The van der Waals surface area contributed by atoms with Crippen molar-refractivity contribution < 1.29 is 9.21 Å². The summed E-state index contributed by atoms with van der Waals surface area (Å²) in [5, 5.41) is 3.48. The van der Waals surface area contributed by atoms with Gasteiger partial charge in [0.25, 0.3) is 6.01 Å². The molecule has 1 aromatic carbocycles. The van der Waals surface area contributed by atoms with Crippen molar-refractivity contribution in [1.29, 1.82) is 0 Å². The van der Waals surface area contributed by atoms with Gasteiger partial charge in [0, 0.05) is 51.9 Å². The molecule has 3 aliphatic rings. The van der Waals surface area contributed by atoms with Crippen molar-refractivity contribution >= 4 is 23.0 Å². The summed E-state index contributed by atoms with van der Waals surface area (Å²) >= 11 is 0. The van der Waals surface area contributed by atoms with E-state index in [1.54, 1.807) is 0 Å². The lowest BCUT2D eigenvalue weighted by Crippen LogP contribution is -2.51. The van der Waals surface area contributed by atoms with Crippen molar-refractivity contribution in [3.05, 3.63) is 24.3 Å². The predicted molar refractivity (Wildman–Crippen MR) is 108 cm³/mol. The van der Waals surface area contributed by atoms with E-state index in [0.717, 1.165) is 75.8 Å². The predicted octanol–water partition coefficient (Wildman–Crippen LogP) is 1.55. The molecule has 1 amide bonds. The summed E-state index contributed by atoms with van der Waals surface area (Å²) in [6.45, 7) is 8.75. The van der Waals surface area contributed by atoms with Crippen molar-refractivity contribution in [3.63, 3.8) is 0 Å². The average molecular weight is 383 g/mol. The van der Waals surface area contributed by atoms with Gasteiger partial charge in [-0.3, -0.25) is 9.69 Å². The molecule has 0 bridgehead atoms. The van der Waals surface area contributed by atoms with Crippen LogP contribution in [0.4, 0.5) is 6.01 Å². The first-order chi connectivity index (χ1) is 13.7. The molecule has 1 unspecified atom stereocenters. The first-order valence-electron chi connectivity index (χ1n) is 10.5. The minimum absolute atomic E-state index is 0.00892. The molecule has 3 fully saturated rings. The molecular weight excluding hydrogens is 354 g/mol. The van der Waals surface area contributed by atoms with E-state index in [9.17, 15) is 4.79 Å². The number of anilines is 1. The second-order valence-electron chi connectivity index (χ2n) is 8.52. The van der Waals surface area contributed by atoms with Crippen LogP contribution >= 0.6 is 0 Å². The van der Waals surface area contributed by atoms with Gasteiger partial charge in [-0.15, -0.1) is 0 Å².